The van der Waals surface area contributed by atoms with Gasteiger partial charge in [-0.3, -0.25) is 4.90 Å². The van der Waals surface area contributed by atoms with Gasteiger partial charge in [-0.2, -0.15) is 4.98 Å². The highest BCUT2D eigenvalue weighted by Gasteiger charge is 2.31. The topological polar surface area (TPSA) is 82.6 Å². The van der Waals surface area contributed by atoms with Crippen molar-refractivity contribution in [2.24, 2.45) is 0 Å². The van der Waals surface area contributed by atoms with E-state index in [9.17, 15) is 4.57 Å². The third kappa shape index (κ3) is 5.61. The number of para-hydroxylation sites is 1. The number of hydrogen-bond acceptors (Lipinski definition) is 8. The first kappa shape index (κ1) is 24.9. The van der Waals surface area contributed by atoms with E-state index in [0.717, 1.165) is 48.9 Å². The average Bonchev–Trinajstić information content (AvgIpc) is 3.72. The molecule has 36 heavy (non-hydrogen) atoms. The first-order chi connectivity index (χ1) is 17.3. The Morgan fingerprint density at radius 3 is 2.47 bits per heavy atom. The lowest BCUT2D eigenvalue weighted by atomic mass is 10.2. The molecule has 2 aromatic carbocycles. The number of nitrogens with zero attached hydrogens (tertiary/aromatic N) is 4. The van der Waals surface area contributed by atoms with Gasteiger partial charge in [0.2, 0.25) is 5.95 Å². The number of piperazine rings is 1. The number of methoxy groups -OCH3 is 1. The first-order valence-corrected chi connectivity index (χ1v) is 15.2. The van der Waals surface area contributed by atoms with Crippen molar-refractivity contribution in [3.63, 3.8) is 0 Å². The molecule has 0 spiro atoms. The van der Waals surface area contributed by atoms with E-state index in [2.05, 4.69) is 42.5 Å². The maximum atomic E-state index is 12.7. The Morgan fingerprint density at radius 1 is 1.03 bits per heavy atom. The van der Waals surface area contributed by atoms with Gasteiger partial charge in [-0.25, -0.2) is 4.98 Å². The van der Waals surface area contributed by atoms with Crippen molar-refractivity contribution in [1.82, 2.24) is 14.9 Å². The predicted molar refractivity (Wildman–Crippen MR) is 149 cm³/mol. The maximum absolute atomic E-state index is 12.7. The summed E-state index contributed by atoms with van der Waals surface area (Å²) in [4.78, 5) is 13.9. The van der Waals surface area contributed by atoms with Crippen LogP contribution in [0.5, 0.6) is 5.75 Å². The van der Waals surface area contributed by atoms with Crippen LogP contribution in [-0.2, 0) is 4.57 Å². The molecule has 1 saturated carbocycles. The van der Waals surface area contributed by atoms with Crippen molar-refractivity contribution >= 4 is 52.9 Å². The van der Waals surface area contributed by atoms with E-state index in [-0.39, 0.29) is 0 Å². The zero-order valence-electron chi connectivity index (χ0n) is 20.9. The van der Waals surface area contributed by atoms with Crippen LogP contribution in [0.25, 0.3) is 0 Å². The Bertz CT molecular complexity index is 1290. The molecule has 2 fully saturated rings. The minimum atomic E-state index is -2.50. The molecular weight excluding hydrogens is 495 g/mol. The van der Waals surface area contributed by atoms with E-state index < -0.39 is 7.14 Å². The molecule has 0 radical (unpaired) electrons. The van der Waals surface area contributed by atoms with Crippen LogP contribution < -0.4 is 25.6 Å². The summed E-state index contributed by atoms with van der Waals surface area (Å²) in [7, 11) is -0.833. The molecule has 1 aliphatic heterocycles. The summed E-state index contributed by atoms with van der Waals surface area (Å²) in [6, 6.07) is 14.4. The fourth-order valence-corrected chi connectivity index (χ4v) is 5.87. The van der Waals surface area contributed by atoms with Crippen molar-refractivity contribution in [3.05, 3.63) is 53.7 Å². The lowest BCUT2D eigenvalue weighted by molar-refractivity contribution is 0.248. The van der Waals surface area contributed by atoms with Gasteiger partial charge in [-0.05, 0) is 50.4 Å². The van der Waals surface area contributed by atoms with Gasteiger partial charge < -0.3 is 24.8 Å². The van der Waals surface area contributed by atoms with Gasteiger partial charge in [0.15, 0.2) is 5.82 Å². The third-order valence-corrected chi connectivity index (χ3v) is 8.48. The van der Waals surface area contributed by atoms with Crippen LogP contribution >= 0.6 is 18.7 Å². The summed E-state index contributed by atoms with van der Waals surface area (Å²) in [5.74, 6) is 1.52. The van der Waals surface area contributed by atoms with Crippen LogP contribution in [0.1, 0.15) is 12.8 Å². The summed E-state index contributed by atoms with van der Waals surface area (Å²) in [5.41, 5.74) is 2.62. The highest BCUT2D eigenvalue weighted by molar-refractivity contribution is 7.70. The molecule has 10 heteroatoms. The van der Waals surface area contributed by atoms with Crippen molar-refractivity contribution in [3.8, 4) is 5.75 Å². The Kier molecular flexibility index (Phi) is 7.11. The molecule has 1 aliphatic carbocycles. The molecule has 190 valence electrons. The van der Waals surface area contributed by atoms with Crippen molar-refractivity contribution in [2.75, 3.05) is 62.2 Å². The van der Waals surface area contributed by atoms with Gasteiger partial charge in [-0.15, -0.1) is 0 Å². The van der Waals surface area contributed by atoms with Gasteiger partial charge in [0, 0.05) is 49.3 Å². The standard InChI is InChI=1S/C26H32ClN6O2P/c1-35-23-16-19(33-14-12-32(13-15-33)18-8-9-18)10-11-21(23)30-26-28-17-20(27)25(31-26)29-22-6-4-5-7-24(22)36(2,3)34/h4-7,10-11,16-18H,8-9,12-15H2,1-3H3,(H2,28,29,30,31). The predicted octanol–water partition coefficient (Wildman–Crippen LogP) is 5.16. The molecule has 2 aliphatic rings. The number of nitrogens with one attached hydrogen (secondary N) is 2. The second-order valence-corrected chi connectivity index (χ2v) is 13.2. The Hall–Kier alpha value is -2.80. The first-order valence-electron chi connectivity index (χ1n) is 12.2. The molecule has 5 rings (SSSR count). The smallest absolute Gasteiger partial charge is 0.229 e. The van der Waals surface area contributed by atoms with E-state index in [0.29, 0.717) is 28.2 Å². The molecule has 2 heterocycles. The number of rotatable bonds is 8. The highest BCUT2D eigenvalue weighted by Crippen LogP contribution is 2.39. The molecular formula is C26H32ClN6O2P. The second-order valence-electron chi connectivity index (χ2n) is 9.65. The largest absolute Gasteiger partial charge is 0.494 e. The van der Waals surface area contributed by atoms with Crippen molar-refractivity contribution in [1.29, 1.82) is 0 Å². The lowest BCUT2D eigenvalue weighted by Crippen LogP contribution is -2.47. The number of anilines is 5. The molecule has 1 saturated heterocycles. The van der Waals surface area contributed by atoms with Gasteiger partial charge in [0.05, 0.1) is 24.7 Å². The van der Waals surface area contributed by atoms with E-state index in [4.69, 9.17) is 16.3 Å². The molecule has 0 atom stereocenters. The summed E-state index contributed by atoms with van der Waals surface area (Å²) in [6.45, 7) is 7.74. The third-order valence-electron chi connectivity index (χ3n) is 6.66. The Balaban J connectivity index is 1.33. The lowest BCUT2D eigenvalue weighted by Gasteiger charge is -2.36. The summed E-state index contributed by atoms with van der Waals surface area (Å²) in [6.07, 6.45) is 4.24. The van der Waals surface area contributed by atoms with Crippen LogP contribution in [0.3, 0.4) is 0 Å². The minimum Gasteiger partial charge on any atom is -0.494 e. The van der Waals surface area contributed by atoms with Gasteiger partial charge in [-0.1, -0.05) is 23.7 Å². The summed E-state index contributed by atoms with van der Waals surface area (Å²) in [5, 5.41) is 7.59. The number of benzene rings is 2. The quantitative estimate of drug-likeness (QED) is 0.390. The van der Waals surface area contributed by atoms with Gasteiger partial charge in [0.25, 0.3) is 0 Å². The van der Waals surface area contributed by atoms with Crippen LogP contribution in [0.15, 0.2) is 48.7 Å². The summed E-state index contributed by atoms with van der Waals surface area (Å²) < 4.78 is 18.4. The zero-order chi connectivity index (χ0) is 25.3. The van der Waals surface area contributed by atoms with Crippen LogP contribution in [-0.4, -0.2) is 67.5 Å². The number of aromatic nitrogens is 2. The molecule has 3 aromatic rings. The monoisotopic (exact) mass is 526 g/mol. The fourth-order valence-electron chi connectivity index (χ4n) is 4.58. The molecule has 8 nitrogen and oxygen atoms in total. The fraction of sp³-hybridized carbons (Fsp3) is 0.385. The van der Waals surface area contributed by atoms with Crippen LogP contribution in [0.4, 0.5) is 28.8 Å². The Labute approximate surface area is 217 Å². The minimum absolute atomic E-state index is 0.366. The number of hydrogen-bond donors (Lipinski definition) is 2. The molecule has 0 bridgehead atoms. The molecule has 0 unspecified atom stereocenters. The zero-order valence-corrected chi connectivity index (χ0v) is 22.5. The van der Waals surface area contributed by atoms with Crippen molar-refractivity contribution in [2.45, 2.75) is 18.9 Å². The van der Waals surface area contributed by atoms with E-state index in [1.807, 2.05) is 30.3 Å². The van der Waals surface area contributed by atoms with Crippen molar-refractivity contribution < 1.29 is 9.30 Å². The van der Waals surface area contributed by atoms with E-state index in [1.165, 1.54) is 12.8 Å². The summed E-state index contributed by atoms with van der Waals surface area (Å²) >= 11 is 6.40. The molecule has 1 aromatic heterocycles. The van der Waals surface area contributed by atoms with E-state index >= 15 is 0 Å². The number of ether oxygens (including phenoxy) is 1. The average molecular weight is 527 g/mol. The maximum Gasteiger partial charge on any atom is 0.229 e. The Morgan fingerprint density at radius 2 is 1.78 bits per heavy atom. The molecule has 0 amide bonds. The van der Waals surface area contributed by atoms with E-state index in [1.54, 1.807) is 26.6 Å². The number of halogens is 1. The van der Waals surface area contributed by atoms with Gasteiger partial charge in [0.1, 0.15) is 17.9 Å². The normalized spacial score (nSPS) is 16.6. The second kappa shape index (κ2) is 10.3. The van der Waals surface area contributed by atoms with Crippen LogP contribution in [0.2, 0.25) is 5.02 Å². The highest BCUT2D eigenvalue weighted by atomic mass is 35.5. The SMILES string of the molecule is COc1cc(N2CCN(C3CC3)CC2)ccc1Nc1ncc(Cl)c(Nc2ccccc2P(C)(C)=O)n1. The molecule has 2 N–H and O–H groups in total. The van der Waals surface area contributed by atoms with Gasteiger partial charge >= 0.3 is 0 Å². The van der Waals surface area contributed by atoms with Crippen LogP contribution in [0, 0.1) is 0 Å².